The number of nitrogens with two attached hydrogens (primary N) is 1. The Morgan fingerprint density at radius 1 is 1.04 bits per heavy atom. The molecule has 2 aromatic rings. The molecule has 0 aliphatic heterocycles. The number of hydrazine groups is 1. The number of nitrogens with zero attached hydrogens (tertiary/aromatic N) is 1. The van der Waals surface area contributed by atoms with Crippen molar-refractivity contribution in [2.75, 3.05) is 7.05 Å². The molecular formula is C17H20N4O2. The van der Waals surface area contributed by atoms with Crippen LogP contribution in [0.5, 0.6) is 0 Å². The monoisotopic (exact) mass is 312 g/mol. The van der Waals surface area contributed by atoms with Crippen LogP contribution in [0.1, 0.15) is 11.1 Å². The van der Waals surface area contributed by atoms with E-state index in [1.165, 1.54) is 0 Å². The molecule has 2 rings (SSSR count). The topological polar surface area (TPSA) is 99.7 Å². The summed E-state index contributed by atoms with van der Waals surface area (Å²) in [6, 6.07) is 15.7. The van der Waals surface area contributed by atoms with Gasteiger partial charge in [-0.2, -0.15) is 0 Å². The van der Waals surface area contributed by atoms with Crippen LogP contribution in [0, 0.1) is 0 Å². The Morgan fingerprint density at radius 3 is 2.00 bits per heavy atom. The molecule has 0 fully saturated rings. The molecule has 0 bridgehead atoms. The lowest BCUT2D eigenvalue weighted by atomic mass is 10.0. The Hall–Kier alpha value is -2.86. The van der Waals surface area contributed by atoms with Crippen LogP contribution in [-0.4, -0.2) is 24.1 Å². The highest BCUT2D eigenvalue weighted by molar-refractivity contribution is 5.79. The summed E-state index contributed by atoms with van der Waals surface area (Å²) >= 11 is 0. The molecule has 120 valence electrons. The quantitative estimate of drug-likeness (QED) is 0.290. The van der Waals surface area contributed by atoms with Gasteiger partial charge in [0, 0.05) is 13.6 Å². The number of carbonyl (C=O) groups is 1. The minimum Gasteiger partial charge on any atom is -0.481 e. The van der Waals surface area contributed by atoms with E-state index in [2.05, 4.69) is 15.7 Å². The number of rotatable bonds is 5. The second-order valence-corrected chi connectivity index (χ2v) is 5.03. The molecule has 0 aliphatic carbocycles. The highest BCUT2D eigenvalue weighted by Gasteiger charge is 2.02. The van der Waals surface area contributed by atoms with E-state index in [-0.39, 0.29) is 6.42 Å². The maximum absolute atomic E-state index is 10.7. The minimum absolute atomic E-state index is 0.0430. The summed E-state index contributed by atoms with van der Waals surface area (Å²) in [6.07, 6.45) is 0.0430. The number of benzene rings is 2. The highest BCUT2D eigenvalue weighted by Crippen LogP contribution is 2.20. The van der Waals surface area contributed by atoms with Gasteiger partial charge in [0.25, 0.3) is 0 Å². The molecule has 6 heteroatoms. The summed E-state index contributed by atoms with van der Waals surface area (Å²) in [7, 11) is 1.65. The van der Waals surface area contributed by atoms with Crippen molar-refractivity contribution in [3.05, 3.63) is 59.7 Å². The molecule has 0 amide bonds. The smallest absolute Gasteiger partial charge is 0.307 e. The first-order valence-corrected chi connectivity index (χ1v) is 7.19. The summed E-state index contributed by atoms with van der Waals surface area (Å²) in [4.78, 5) is 14.6. The third kappa shape index (κ3) is 4.82. The fourth-order valence-corrected chi connectivity index (χ4v) is 2.19. The lowest BCUT2D eigenvalue weighted by Gasteiger charge is -2.09. The van der Waals surface area contributed by atoms with E-state index in [1.54, 1.807) is 7.05 Å². The predicted molar refractivity (Wildman–Crippen MR) is 90.7 cm³/mol. The Balaban J connectivity index is 2.03. The van der Waals surface area contributed by atoms with E-state index >= 15 is 0 Å². The van der Waals surface area contributed by atoms with Crippen molar-refractivity contribution >= 4 is 11.9 Å². The maximum atomic E-state index is 10.7. The van der Waals surface area contributed by atoms with Gasteiger partial charge in [-0.25, -0.2) is 5.84 Å². The van der Waals surface area contributed by atoms with Gasteiger partial charge in [-0.1, -0.05) is 48.5 Å². The fourth-order valence-electron chi connectivity index (χ4n) is 2.19. The van der Waals surface area contributed by atoms with E-state index in [9.17, 15) is 4.79 Å². The minimum atomic E-state index is -0.823. The molecule has 0 saturated heterocycles. The number of guanidine groups is 1. The fraction of sp³-hybridized carbons (Fsp3) is 0.176. The number of nitrogens with one attached hydrogen (secondary N) is 2. The first-order chi connectivity index (χ1) is 11.1. The van der Waals surface area contributed by atoms with Crippen molar-refractivity contribution in [2.24, 2.45) is 10.8 Å². The average molecular weight is 312 g/mol. The third-order valence-corrected chi connectivity index (χ3v) is 3.42. The number of hydrogen-bond donors (Lipinski definition) is 4. The summed E-state index contributed by atoms with van der Waals surface area (Å²) in [5.41, 5.74) is 6.51. The number of carboxylic acids is 1. The lowest BCUT2D eigenvalue weighted by Crippen LogP contribution is -2.40. The molecule has 6 nitrogen and oxygen atoms in total. The molecule has 23 heavy (non-hydrogen) atoms. The maximum Gasteiger partial charge on any atom is 0.307 e. The molecule has 0 aromatic heterocycles. The Labute approximate surface area is 135 Å². The summed E-state index contributed by atoms with van der Waals surface area (Å²) in [6.45, 7) is 0.620. The molecular weight excluding hydrogens is 292 g/mol. The van der Waals surface area contributed by atoms with Crippen molar-refractivity contribution in [3.63, 3.8) is 0 Å². The van der Waals surface area contributed by atoms with Crippen LogP contribution in [0.3, 0.4) is 0 Å². The van der Waals surface area contributed by atoms with Crippen molar-refractivity contribution in [2.45, 2.75) is 13.0 Å². The highest BCUT2D eigenvalue weighted by atomic mass is 16.4. The van der Waals surface area contributed by atoms with Gasteiger partial charge in [0.2, 0.25) is 5.96 Å². The van der Waals surface area contributed by atoms with Gasteiger partial charge in [0.05, 0.1) is 6.42 Å². The summed E-state index contributed by atoms with van der Waals surface area (Å²) < 4.78 is 0. The van der Waals surface area contributed by atoms with Gasteiger partial charge < -0.3 is 10.4 Å². The number of hydrogen-bond acceptors (Lipinski definition) is 3. The average Bonchev–Trinajstić information content (AvgIpc) is 2.56. The third-order valence-electron chi connectivity index (χ3n) is 3.42. The van der Waals surface area contributed by atoms with Gasteiger partial charge in [-0.05, 0) is 22.3 Å². The van der Waals surface area contributed by atoms with E-state index < -0.39 is 5.97 Å². The van der Waals surface area contributed by atoms with Crippen LogP contribution < -0.4 is 16.6 Å². The zero-order valence-corrected chi connectivity index (χ0v) is 12.9. The van der Waals surface area contributed by atoms with Crippen LogP contribution in [0.25, 0.3) is 11.1 Å². The Morgan fingerprint density at radius 2 is 1.57 bits per heavy atom. The number of carboxylic acid groups (broad SMARTS) is 1. The van der Waals surface area contributed by atoms with Crippen molar-refractivity contribution < 1.29 is 9.90 Å². The number of aliphatic carboxylic acids is 1. The van der Waals surface area contributed by atoms with Gasteiger partial charge in [-0.3, -0.25) is 15.2 Å². The molecule has 0 unspecified atom stereocenters. The largest absolute Gasteiger partial charge is 0.481 e. The van der Waals surface area contributed by atoms with E-state index in [1.807, 2.05) is 48.5 Å². The molecule has 5 N–H and O–H groups in total. The molecule has 0 spiro atoms. The molecule has 0 radical (unpaired) electrons. The second-order valence-electron chi connectivity index (χ2n) is 5.03. The van der Waals surface area contributed by atoms with Crippen LogP contribution in [-0.2, 0) is 17.8 Å². The Bertz CT molecular complexity index is 679. The first-order valence-electron chi connectivity index (χ1n) is 7.19. The standard InChI is InChI=1S/C17H20N4O2/c1-19-17(21-18)20-11-13-4-8-15(9-5-13)14-6-2-12(3-7-14)10-16(22)23/h2-9H,10-11,18H2,1H3,(H,22,23)(H2,19,20,21). The lowest BCUT2D eigenvalue weighted by molar-refractivity contribution is -0.136. The Kier molecular flexibility index (Phi) is 5.71. The van der Waals surface area contributed by atoms with E-state index in [4.69, 9.17) is 10.9 Å². The van der Waals surface area contributed by atoms with Crippen LogP contribution in [0.2, 0.25) is 0 Å². The van der Waals surface area contributed by atoms with Crippen LogP contribution in [0.4, 0.5) is 0 Å². The molecule has 0 heterocycles. The molecule has 0 saturated carbocycles. The van der Waals surface area contributed by atoms with Gasteiger partial charge >= 0.3 is 5.97 Å². The normalized spacial score (nSPS) is 11.1. The van der Waals surface area contributed by atoms with Crippen LogP contribution >= 0.6 is 0 Å². The van der Waals surface area contributed by atoms with Crippen molar-refractivity contribution in [1.29, 1.82) is 0 Å². The van der Waals surface area contributed by atoms with Gasteiger partial charge in [0.15, 0.2) is 0 Å². The molecule has 2 aromatic carbocycles. The summed E-state index contributed by atoms with van der Waals surface area (Å²) in [5, 5.41) is 11.9. The van der Waals surface area contributed by atoms with E-state index in [0.29, 0.717) is 12.5 Å². The van der Waals surface area contributed by atoms with Crippen molar-refractivity contribution in [1.82, 2.24) is 10.7 Å². The number of aliphatic imine (C=N–C) groups is 1. The SMILES string of the molecule is CN=C(NN)NCc1ccc(-c2ccc(CC(=O)O)cc2)cc1. The molecule has 0 atom stereocenters. The van der Waals surface area contributed by atoms with E-state index in [0.717, 1.165) is 22.3 Å². The van der Waals surface area contributed by atoms with Crippen molar-refractivity contribution in [3.8, 4) is 11.1 Å². The van der Waals surface area contributed by atoms with Crippen LogP contribution in [0.15, 0.2) is 53.5 Å². The second kappa shape index (κ2) is 7.95. The van der Waals surface area contributed by atoms with Gasteiger partial charge in [0.1, 0.15) is 0 Å². The summed E-state index contributed by atoms with van der Waals surface area (Å²) in [5.74, 6) is 5.02. The van der Waals surface area contributed by atoms with Gasteiger partial charge in [-0.15, -0.1) is 0 Å². The zero-order valence-electron chi connectivity index (χ0n) is 12.9. The zero-order chi connectivity index (χ0) is 16.7. The predicted octanol–water partition coefficient (Wildman–Crippen LogP) is 1.52. The molecule has 0 aliphatic rings. The first kappa shape index (κ1) is 16.5.